The Morgan fingerprint density at radius 1 is 1.06 bits per heavy atom. The Morgan fingerprint density at radius 2 is 1.65 bits per heavy atom. The lowest BCUT2D eigenvalue weighted by molar-refractivity contribution is 0.598. The van der Waals surface area contributed by atoms with Crippen molar-refractivity contribution in [2.24, 2.45) is 5.14 Å². The number of thiophene rings is 1. The molecule has 0 amide bonds. The minimum atomic E-state index is -3.68. The molecule has 1 aromatic carbocycles. The predicted molar refractivity (Wildman–Crippen MR) is 70.6 cm³/mol. The molecule has 1 aromatic heterocycles. The van der Waals surface area contributed by atoms with Crippen molar-refractivity contribution >= 4 is 21.4 Å². The van der Waals surface area contributed by atoms with Gasteiger partial charge in [-0.1, -0.05) is 30.3 Å². The summed E-state index contributed by atoms with van der Waals surface area (Å²) >= 11 is 1.46. The fourth-order valence-electron chi connectivity index (χ4n) is 1.94. The van der Waals surface area contributed by atoms with Crippen molar-refractivity contribution in [3.05, 3.63) is 40.1 Å². The molecule has 0 aliphatic rings. The molecule has 5 heteroatoms. The summed E-state index contributed by atoms with van der Waals surface area (Å²) in [5.41, 5.74) is 1.62. The van der Waals surface area contributed by atoms with Crippen LogP contribution in [-0.4, -0.2) is 8.42 Å². The van der Waals surface area contributed by atoms with Crippen molar-refractivity contribution in [3.8, 4) is 11.1 Å². The summed E-state index contributed by atoms with van der Waals surface area (Å²) in [6, 6.07) is 9.45. The average Bonchev–Trinajstić information content (AvgIpc) is 2.54. The van der Waals surface area contributed by atoms with Crippen LogP contribution in [0.2, 0.25) is 0 Å². The fourth-order valence-corrected chi connectivity index (χ4v) is 4.41. The van der Waals surface area contributed by atoms with Crippen LogP contribution in [0.25, 0.3) is 11.1 Å². The van der Waals surface area contributed by atoms with Crippen LogP contribution in [0, 0.1) is 13.8 Å². The second kappa shape index (κ2) is 4.25. The zero-order valence-electron chi connectivity index (χ0n) is 9.60. The first-order chi connectivity index (χ1) is 7.91. The van der Waals surface area contributed by atoms with Gasteiger partial charge in [0, 0.05) is 15.3 Å². The third-order valence-electron chi connectivity index (χ3n) is 2.55. The molecule has 3 nitrogen and oxygen atoms in total. The minimum Gasteiger partial charge on any atom is -0.225 e. The predicted octanol–water partition coefficient (Wildman–Crippen LogP) is 2.68. The van der Waals surface area contributed by atoms with Crippen molar-refractivity contribution in [3.63, 3.8) is 0 Å². The first-order valence-electron chi connectivity index (χ1n) is 5.09. The van der Waals surface area contributed by atoms with Crippen molar-refractivity contribution in [1.82, 2.24) is 0 Å². The summed E-state index contributed by atoms with van der Waals surface area (Å²) in [7, 11) is -3.68. The van der Waals surface area contributed by atoms with Gasteiger partial charge in [0.1, 0.15) is 4.90 Å². The molecule has 0 radical (unpaired) electrons. The lowest BCUT2D eigenvalue weighted by atomic mass is 10.1. The van der Waals surface area contributed by atoms with E-state index in [4.69, 9.17) is 5.14 Å². The van der Waals surface area contributed by atoms with E-state index in [9.17, 15) is 8.42 Å². The van der Waals surface area contributed by atoms with Gasteiger partial charge in [0.25, 0.3) is 0 Å². The molecular weight excluding hydrogens is 254 g/mol. The van der Waals surface area contributed by atoms with Gasteiger partial charge in [0.15, 0.2) is 0 Å². The molecule has 0 bridgehead atoms. The highest BCUT2D eigenvalue weighted by atomic mass is 32.2. The number of sulfonamides is 1. The molecule has 2 aromatic rings. The molecule has 17 heavy (non-hydrogen) atoms. The van der Waals surface area contributed by atoms with E-state index < -0.39 is 10.0 Å². The van der Waals surface area contributed by atoms with Crippen LogP contribution in [0.3, 0.4) is 0 Å². The summed E-state index contributed by atoms with van der Waals surface area (Å²) in [5, 5.41) is 5.29. The number of aryl methyl sites for hydroxylation is 2. The highest BCUT2D eigenvalue weighted by molar-refractivity contribution is 7.89. The van der Waals surface area contributed by atoms with Crippen LogP contribution in [0.15, 0.2) is 35.2 Å². The average molecular weight is 267 g/mol. The van der Waals surface area contributed by atoms with Gasteiger partial charge < -0.3 is 0 Å². The molecule has 2 rings (SSSR count). The van der Waals surface area contributed by atoms with Crippen LogP contribution < -0.4 is 5.14 Å². The van der Waals surface area contributed by atoms with Gasteiger partial charge in [-0.2, -0.15) is 0 Å². The topological polar surface area (TPSA) is 60.2 Å². The number of hydrogen-bond acceptors (Lipinski definition) is 3. The van der Waals surface area contributed by atoms with Gasteiger partial charge in [0.2, 0.25) is 10.0 Å². The van der Waals surface area contributed by atoms with Gasteiger partial charge in [-0.3, -0.25) is 0 Å². The molecule has 1 heterocycles. The summed E-state index contributed by atoms with van der Waals surface area (Å²) in [4.78, 5) is 1.97. The minimum absolute atomic E-state index is 0.256. The zero-order chi connectivity index (χ0) is 12.6. The van der Waals surface area contributed by atoms with Crippen LogP contribution >= 0.6 is 11.3 Å². The number of rotatable bonds is 2. The third-order valence-corrected chi connectivity index (χ3v) is 4.78. The van der Waals surface area contributed by atoms with Gasteiger partial charge >= 0.3 is 0 Å². The molecule has 0 saturated carbocycles. The normalized spacial score (nSPS) is 11.7. The standard InChI is InChI=1S/C12H13NO2S2/c1-8-11(10-6-4-3-5-7-10)12(9(2)16-8)17(13,14)15/h3-7H,1-2H3,(H2,13,14,15). The van der Waals surface area contributed by atoms with Crippen LogP contribution in [0.5, 0.6) is 0 Å². The van der Waals surface area contributed by atoms with Crippen molar-refractivity contribution in [2.75, 3.05) is 0 Å². The third kappa shape index (κ3) is 2.26. The molecule has 0 aliphatic carbocycles. The fraction of sp³-hybridized carbons (Fsp3) is 0.167. The quantitative estimate of drug-likeness (QED) is 0.909. The number of hydrogen-bond donors (Lipinski definition) is 1. The first kappa shape index (κ1) is 12.3. The highest BCUT2D eigenvalue weighted by Crippen LogP contribution is 2.38. The Hall–Kier alpha value is -1.17. The Labute approximate surface area is 105 Å². The number of benzene rings is 1. The van der Waals surface area contributed by atoms with E-state index in [0.717, 1.165) is 20.9 Å². The number of primary sulfonamides is 1. The van der Waals surface area contributed by atoms with E-state index in [0.29, 0.717) is 0 Å². The molecule has 0 aliphatic heterocycles. The molecule has 0 saturated heterocycles. The maximum absolute atomic E-state index is 11.6. The van der Waals surface area contributed by atoms with Gasteiger partial charge in [-0.25, -0.2) is 13.6 Å². The lowest BCUT2D eigenvalue weighted by Gasteiger charge is -2.05. The monoisotopic (exact) mass is 267 g/mol. The largest absolute Gasteiger partial charge is 0.239 e. The Balaban J connectivity index is 2.79. The molecule has 90 valence electrons. The molecule has 0 spiro atoms. The van der Waals surface area contributed by atoms with Crippen LogP contribution in [0.1, 0.15) is 9.75 Å². The summed E-state index contributed by atoms with van der Waals surface area (Å²) in [5.74, 6) is 0. The Bertz CT molecular complexity index is 643. The van der Waals surface area contributed by atoms with E-state index in [1.54, 1.807) is 6.92 Å². The van der Waals surface area contributed by atoms with E-state index in [2.05, 4.69) is 0 Å². The molecule has 2 N–H and O–H groups in total. The summed E-state index contributed by atoms with van der Waals surface area (Å²) < 4.78 is 23.3. The van der Waals surface area contributed by atoms with Gasteiger partial charge in [-0.15, -0.1) is 11.3 Å². The van der Waals surface area contributed by atoms with Crippen molar-refractivity contribution < 1.29 is 8.42 Å². The summed E-state index contributed by atoms with van der Waals surface area (Å²) in [6.45, 7) is 3.69. The summed E-state index contributed by atoms with van der Waals surface area (Å²) in [6.07, 6.45) is 0. The number of nitrogens with two attached hydrogens (primary N) is 1. The Kier molecular flexibility index (Phi) is 3.07. The van der Waals surface area contributed by atoms with Crippen LogP contribution in [-0.2, 0) is 10.0 Å². The van der Waals surface area contributed by atoms with E-state index >= 15 is 0 Å². The first-order valence-corrected chi connectivity index (χ1v) is 7.45. The molecular formula is C12H13NO2S2. The molecule has 0 unspecified atom stereocenters. The smallest absolute Gasteiger partial charge is 0.225 e. The Morgan fingerprint density at radius 3 is 2.18 bits per heavy atom. The molecule has 0 fully saturated rings. The van der Waals surface area contributed by atoms with E-state index in [-0.39, 0.29) is 4.90 Å². The maximum Gasteiger partial charge on any atom is 0.239 e. The van der Waals surface area contributed by atoms with Gasteiger partial charge in [0.05, 0.1) is 0 Å². The van der Waals surface area contributed by atoms with Gasteiger partial charge in [-0.05, 0) is 19.4 Å². The second-order valence-electron chi connectivity index (χ2n) is 3.83. The maximum atomic E-state index is 11.6. The SMILES string of the molecule is Cc1sc(C)c(S(N)(=O)=O)c1-c1ccccc1. The van der Waals surface area contributed by atoms with E-state index in [1.165, 1.54) is 11.3 Å². The lowest BCUT2D eigenvalue weighted by Crippen LogP contribution is -2.13. The van der Waals surface area contributed by atoms with Crippen molar-refractivity contribution in [1.29, 1.82) is 0 Å². The highest BCUT2D eigenvalue weighted by Gasteiger charge is 2.22. The van der Waals surface area contributed by atoms with Crippen molar-refractivity contribution in [2.45, 2.75) is 18.7 Å². The van der Waals surface area contributed by atoms with E-state index in [1.807, 2.05) is 37.3 Å². The molecule has 0 atom stereocenters. The second-order valence-corrected chi connectivity index (χ2v) is 6.76. The van der Waals surface area contributed by atoms with Crippen LogP contribution in [0.4, 0.5) is 0 Å². The zero-order valence-corrected chi connectivity index (χ0v) is 11.2.